The van der Waals surface area contributed by atoms with Gasteiger partial charge >= 0.3 is 0 Å². The molecule has 0 saturated heterocycles. The average Bonchev–Trinajstić information content (AvgIpc) is 2.78. The van der Waals surface area contributed by atoms with Gasteiger partial charge in [-0.2, -0.15) is 0 Å². The lowest BCUT2D eigenvalue weighted by Crippen LogP contribution is -2.47. The Morgan fingerprint density at radius 1 is 1.05 bits per heavy atom. The summed E-state index contributed by atoms with van der Waals surface area (Å²) < 4.78 is 0. The maximum atomic E-state index is 13.3. The van der Waals surface area contributed by atoms with Crippen molar-refractivity contribution in [2.45, 2.75) is 11.8 Å². The summed E-state index contributed by atoms with van der Waals surface area (Å²) in [4.78, 5) is 13.3. The van der Waals surface area contributed by atoms with E-state index in [1.54, 1.807) is 5.01 Å². The second kappa shape index (κ2) is 5.55. The van der Waals surface area contributed by atoms with Gasteiger partial charge in [-0.05, 0) is 30.2 Å². The molecule has 1 amide bonds. The molecule has 0 aliphatic carbocycles. The second-order valence-electron chi connectivity index (χ2n) is 5.79. The van der Waals surface area contributed by atoms with Crippen LogP contribution in [0.5, 0.6) is 0 Å². The fraction of sp³-hybridized carbons (Fsp3) is 0.278. The van der Waals surface area contributed by atoms with E-state index >= 15 is 0 Å². The zero-order chi connectivity index (χ0) is 15.7. The number of hydrazine groups is 1. The highest BCUT2D eigenvalue weighted by molar-refractivity contribution is 6.09. The van der Waals surface area contributed by atoms with Gasteiger partial charge in [-0.25, -0.2) is 10.0 Å². The molecule has 0 fully saturated rings. The lowest BCUT2D eigenvalue weighted by molar-refractivity contribution is -0.124. The van der Waals surface area contributed by atoms with Crippen molar-refractivity contribution in [3.63, 3.8) is 0 Å². The fourth-order valence-electron chi connectivity index (χ4n) is 3.43. The Labute approximate surface area is 131 Å². The summed E-state index contributed by atoms with van der Waals surface area (Å²) in [5.41, 5.74) is 8.16. The van der Waals surface area contributed by atoms with E-state index < -0.39 is 5.41 Å². The minimum Gasteiger partial charge on any atom is -0.330 e. The van der Waals surface area contributed by atoms with Crippen LogP contribution >= 0.6 is 0 Å². The first-order valence-corrected chi connectivity index (χ1v) is 7.50. The van der Waals surface area contributed by atoms with Crippen LogP contribution in [0.1, 0.15) is 17.5 Å². The van der Waals surface area contributed by atoms with Gasteiger partial charge in [0.25, 0.3) is 5.91 Å². The molecule has 0 spiro atoms. The van der Waals surface area contributed by atoms with Crippen LogP contribution in [0.3, 0.4) is 0 Å². The van der Waals surface area contributed by atoms with Crippen LogP contribution in [-0.4, -0.2) is 31.6 Å². The third kappa shape index (κ3) is 1.95. The molecular weight excluding hydrogens is 274 g/mol. The van der Waals surface area contributed by atoms with E-state index in [4.69, 9.17) is 5.73 Å². The topological polar surface area (TPSA) is 49.6 Å². The number of amides is 1. The lowest BCUT2D eigenvalue weighted by Gasteiger charge is -2.31. The van der Waals surface area contributed by atoms with Crippen molar-refractivity contribution in [2.75, 3.05) is 25.6 Å². The molecular formula is C18H21N3O. The fourth-order valence-corrected chi connectivity index (χ4v) is 3.43. The predicted molar refractivity (Wildman–Crippen MR) is 88.5 cm³/mol. The van der Waals surface area contributed by atoms with Crippen LogP contribution in [-0.2, 0) is 10.2 Å². The van der Waals surface area contributed by atoms with Crippen molar-refractivity contribution < 1.29 is 4.79 Å². The summed E-state index contributed by atoms with van der Waals surface area (Å²) in [6.45, 7) is 0.455. The zero-order valence-corrected chi connectivity index (χ0v) is 13.0. The minimum absolute atomic E-state index is 0.0651. The number of rotatable bonds is 4. The van der Waals surface area contributed by atoms with Gasteiger partial charge in [-0.3, -0.25) is 4.79 Å². The number of benzene rings is 2. The maximum absolute atomic E-state index is 13.3. The first-order chi connectivity index (χ1) is 10.6. The van der Waals surface area contributed by atoms with Crippen molar-refractivity contribution in [1.82, 2.24) is 5.01 Å². The van der Waals surface area contributed by atoms with Gasteiger partial charge in [0.1, 0.15) is 5.41 Å². The molecule has 114 valence electrons. The van der Waals surface area contributed by atoms with E-state index in [-0.39, 0.29) is 5.91 Å². The van der Waals surface area contributed by atoms with Crippen LogP contribution in [0.2, 0.25) is 0 Å². The summed E-state index contributed by atoms with van der Waals surface area (Å²) in [6.07, 6.45) is 0.594. The molecule has 1 aliphatic rings. The molecule has 2 aromatic rings. The molecule has 0 saturated carbocycles. The Morgan fingerprint density at radius 3 is 2.32 bits per heavy atom. The maximum Gasteiger partial charge on any atom is 0.256 e. The molecule has 0 bridgehead atoms. The van der Waals surface area contributed by atoms with Crippen molar-refractivity contribution in [3.8, 4) is 0 Å². The highest BCUT2D eigenvalue weighted by Crippen LogP contribution is 2.48. The van der Waals surface area contributed by atoms with Gasteiger partial charge in [0.05, 0.1) is 5.69 Å². The number of nitrogens with zero attached hydrogens (tertiary/aromatic N) is 2. The number of para-hydroxylation sites is 1. The Bertz CT molecular complexity index is 684. The van der Waals surface area contributed by atoms with Crippen molar-refractivity contribution in [1.29, 1.82) is 0 Å². The summed E-state index contributed by atoms with van der Waals surface area (Å²) in [5, 5.41) is 3.58. The molecule has 3 rings (SSSR count). The first-order valence-electron chi connectivity index (χ1n) is 7.50. The van der Waals surface area contributed by atoms with Crippen molar-refractivity contribution >= 4 is 11.6 Å². The molecule has 1 heterocycles. The van der Waals surface area contributed by atoms with E-state index in [9.17, 15) is 4.79 Å². The molecule has 1 atom stereocenters. The van der Waals surface area contributed by atoms with Crippen LogP contribution in [0, 0.1) is 0 Å². The predicted octanol–water partition coefficient (Wildman–Crippen LogP) is 2.14. The van der Waals surface area contributed by atoms with E-state index in [0.29, 0.717) is 13.0 Å². The van der Waals surface area contributed by atoms with E-state index in [1.807, 2.05) is 73.7 Å². The molecule has 2 N–H and O–H groups in total. The molecule has 0 radical (unpaired) electrons. The zero-order valence-electron chi connectivity index (χ0n) is 13.0. The van der Waals surface area contributed by atoms with Gasteiger partial charge in [-0.15, -0.1) is 0 Å². The van der Waals surface area contributed by atoms with Crippen LogP contribution in [0.15, 0.2) is 54.6 Å². The van der Waals surface area contributed by atoms with E-state index in [1.165, 1.54) is 0 Å². The minimum atomic E-state index is -0.698. The Balaban J connectivity index is 2.29. The Hall–Kier alpha value is -2.17. The van der Waals surface area contributed by atoms with E-state index in [2.05, 4.69) is 0 Å². The molecule has 0 aromatic heterocycles. The standard InChI is InChI=1S/C18H21N3O/c1-20(2)21-16-11-7-6-10-15(16)18(12-13-19,17(21)22)14-8-4-3-5-9-14/h3-11H,12-13,19H2,1-2H3/t18-/m0/s1. The molecule has 4 nitrogen and oxygen atoms in total. The average molecular weight is 295 g/mol. The van der Waals surface area contributed by atoms with Crippen molar-refractivity contribution in [2.24, 2.45) is 5.73 Å². The number of nitrogens with two attached hydrogens (primary N) is 1. The first kappa shape index (κ1) is 14.8. The molecule has 0 unspecified atom stereocenters. The quantitative estimate of drug-likeness (QED) is 0.940. The van der Waals surface area contributed by atoms with E-state index in [0.717, 1.165) is 16.8 Å². The monoisotopic (exact) mass is 295 g/mol. The molecule has 1 aliphatic heterocycles. The molecule has 4 heteroatoms. The summed E-state index contributed by atoms with van der Waals surface area (Å²) in [7, 11) is 3.77. The van der Waals surface area contributed by atoms with Crippen molar-refractivity contribution in [3.05, 3.63) is 65.7 Å². The summed E-state index contributed by atoms with van der Waals surface area (Å²) in [6, 6.07) is 17.9. The third-order valence-corrected chi connectivity index (χ3v) is 4.34. The highest BCUT2D eigenvalue weighted by atomic mass is 16.2. The smallest absolute Gasteiger partial charge is 0.256 e. The van der Waals surface area contributed by atoms with Crippen LogP contribution in [0.25, 0.3) is 0 Å². The summed E-state index contributed by atoms with van der Waals surface area (Å²) in [5.74, 6) is 0.0651. The van der Waals surface area contributed by atoms with Crippen LogP contribution < -0.4 is 10.7 Å². The number of fused-ring (bicyclic) bond motifs is 1. The van der Waals surface area contributed by atoms with Gasteiger partial charge in [-0.1, -0.05) is 48.5 Å². The highest BCUT2D eigenvalue weighted by Gasteiger charge is 2.52. The largest absolute Gasteiger partial charge is 0.330 e. The Kier molecular flexibility index (Phi) is 3.72. The van der Waals surface area contributed by atoms with Gasteiger partial charge < -0.3 is 5.73 Å². The van der Waals surface area contributed by atoms with Gasteiger partial charge in [0, 0.05) is 14.1 Å². The normalized spacial score (nSPS) is 20.5. The summed E-state index contributed by atoms with van der Waals surface area (Å²) >= 11 is 0. The van der Waals surface area contributed by atoms with Crippen LogP contribution in [0.4, 0.5) is 5.69 Å². The lowest BCUT2D eigenvalue weighted by atomic mass is 9.73. The Morgan fingerprint density at radius 2 is 1.68 bits per heavy atom. The number of carbonyl (C=O) groups is 1. The van der Waals surface area contributed by atoms with Gasteiger partial charge in [0.2, 0.25) is 0 Å². The number of hydrogen-bond donors (Lipinski definition) is 1. The third-order valence-electron chi connectivity index (χ3n) is 4.34. The SMILES string of the molecule is CN(C)N1C(=O)[C@@](CCN)(c2ccccc2)c2ccccc21. The van der Waals surface area contributed by atoms with Gasteiger partial charge in [0.15, 0.2) is 0 Å². The second-order valence-corrected chi connectivity index (χ2v) is 5.79. The molecule has 22 heavy (non-hydrogen) atoms. The number of carbonyl (C=O) groups excluding carboxylic acids is 1. The number of anilines is 1. The molecule has 2 aromatic carbocycles. The number of hydrogen-bond acceptors (Lipinski definition) is 3.